The van der Waals surface area contributed by atoms with Crippen LogP contribution >= 0.6 is 15.9 Å². The van der Waals surface area contributed by atoms with E-state index >= 15 is 0 Å². The van der Waals surface area contributed by atoms with Gasteiger partial charge in [-0.1, -0.05) is 12.1 Å². The Bertz CT molecular complexity index is 480. The summed E-state index contributed by atoms with van der Waals surface area (Å²) in [5.74, 6) is 0. The SMILES string of the molecule is CN(C)c1ccc(Cc2c(Br)ncn2C)cc1. The Hall–Kier alpha value is -1.29. The van der Waals surface area contributed by atoms with Crippen LogP contribution < -0.4 is 4.90 Å². The van der Waals surface area contributed by atoms with Crippen LogP contribution in [-0.4, -0.2) is 23.6 Å². The second kappa shape index (κ2) is 4.92. The zero-order valence-electron chi connectivity index (χ0n) is 10.3. The summed E-state index contributed by atoms with van der Waals surface area (Å²) >= 11 is 3.47. The minimum atomic E-state index is 0.894. The van der Waals surface area contributed by atoms with Gasteiger partial charge in [0.1, 0.15) is 4.60 Å². The second-order valence-corrected chi connectivity index (χ2v) is 5.08. The summed E-state index contributed by atoms with van der Waals surface area (Å²) in [7, 11) is 6.11. The maximum atomic E-state index is 4.23. The number of hydrogen-bond acceptors (Lipinski definition) is 2. The van der Waals surface area contributed by atoms with Gasteiger partial charge in [-0.15, -0.1) is 0 Å². The molecular formula is C13H16BrN3. The molecule has 1 aromatic carbocycles. The molecule has 0 bridgehead atoms. The van der Waals surface area contributed by atoms with Gasteiger partial charge in [-0.3, -0.25) is 0 Å². The number of rotatable bonds is 3. The highest BCUT2D eigenvalue weighted by Crippen LogP contribution is 2.19. The number of hydrogen-bond donors (Lipinski definition) is 0. The lowest BCUT2D eigenvalue weighted by molar-refractivity contribution is 0.843. The van der Waals surface area contributed by atoms with Crippen molar-refractivity contribution in [3.05, 3.63) is 46.5 Å². The van der Waals surface area contributed by atoms with Crippen LogP contribution in [0, 0.1) is 0 Å². The van der Waals surface area contributed by atoms with E-state index in [1.54, 1.807) is 0 Å². The lowest BCUT2D eigenvalue weighted by atomic mass is 10.1. The first-order chi connectivity index (χ1) is 8.08. The molecule has 0 spiro atoms. The van der Waals surface area contributed by atoms with E-state index in [1.165, 1.54) is 16.9 Å². The van der Waals surface area contributed by atoms with Gasteiger partial charge in [0, 0.05) is 33.3 Å². The molecule has 0 N–H and O–H groups in total. The van der Waals surface area contributed by atoms with Crippen LogP contribution in [0.5, 0.6) is 0 Å². The summed E-state index contributed by atoms with van der Waals surface area (Å²) in [5, 5.41) is 0. The zero-order valence-corrected chi connectivity index (χ0v) is 11.9. The van der Waals surface area contributed by atoms with Gasteiger partial charge in [-0.05, 0) is 33.6 Å². The molecule has 0 fully saturated rings. The first-order valence-corrected chi connectivity index (χ1v) is 6.29. The minimum absolute atomic E-state index is 0.894. The van der Waals surface area contributed by atoms with Crippen LogP contribution in [0.15, 0.2) is 35.2 Å². The average molecular weight is 294 g/mol. The molecule has 0 aliphatic heterocycles. The number of imidazole rings is 1. The standard InChI is InChI=1S/C13H16BrN3/c1-16(2)11-6-4-10(5-7-11)8-12-13(14)15-9-17(12)3/h4-7,9H,8H2,1-3H3. The number of anilines is 1. The van der Waals surface area contributed by atoms with Crippen molar-refractivity contribution in [3.63, 3.8) is 0 Å². The van der Waals surface area contributed by atoms with Crippen LogP contribution in [-0.2, 0) is 13.5 Å². The van der Waals surface area contributed by atoms with Gasteiger partial charge in [0.2, 0.25) is 0 Å². The van der Waals surface area contributed by atoms with Crippen molar-refractivity contribution in [2.45, 2.75) is 6.42 Å². The molecule has 1 heterocycles. The Morgan fingerprint density at radius 1 is 1.24 bits per heavy atom. The molecule has 0 saturated heterocycles. The fourth-order valence-corrected chi connectivity index (χ4v) is 2.24. The highest BCUT2D eigenvalue weighted by molar-refractivity contribution is 9.10. The zero-order chi connectivity index (χ0) is 12.4. The first kappa shape index (κ1) is 12.2. The molecule has 17 heavy (non-hydrogen) atoms. The van der Waals surface area contributed by atoms with E-state index in [2.05, 4.69) is 50.1 Å². The van der Waals surface area contributed by atoms with Crippen molar-refractivity contribution in [1.29, 1.82) is 0 Å². The number of halogens is 1. The summed E-state index contributed by atoms with van der Waals surface area (Å²) in [6.45, 7) is 0. The maximum Gasteiger partial charge on any atom is 0.127 e. The molecule has 0 radical (unpaired) electrons. The van der Waals surface area contributed by atoms with Crippen molar-refractivity contribution in [1.82, 2.24) is 9.55 Å². The van der Waals surface area contributed by atoms with Gasteiger partial charge in [-0.2, -0.15) is 0 Å². The maximum absolute atomic E-state index is 4.23. The van der Waals surface area contributed by atoms with Crippen LogP contribution in [0.1, 0.15) is 11.3 Å². The quantitative estimate of drug-likeness (QED) is 0.868. The topological polar surface area (TPSA) is 21.1 Å². The van der Waals surface area contributed by atoms with E-state index in [1.807, 2.05) is 32.0 Å². The highest BCUT2D eigenvalue weighted by atomic mass is 79.9. The molecule has 0 aliphatic carbocycles. The van der Waals surface area contributed by atoms with Crippen molar-refractivity contribution < 1.29 is 0 Å². The lowest BCUT2D eigenvalue weighted by Crippen LogP contribution is -2.08. The largest absolute Gasteiger partial charge is 0.378 e. The van der Waals surface area contributed by atoms with Crippen LogP contribution in [0.2, 0.25) is 0 Å². The molecule has 1 aromatic heterocycles. The van der Waals surface area contributed by atoms with E-state index in [4.69, 9.17) is 0 Å². The molecule has 2 rings (SSSR count). The molecule has 0 aliphatic rings. The lowest BCUT2D eigenvalue weighted by Gasteiger charge is -2.12. The number of benzene rings is 1. The normalized spacial score (nSPS) is 10.6. The van der Waals surface area contributed by atoms with Crippen molar-refractivity contribution >= 4 is 21.6 Å². The number of aromatic nitrogens is 2. The van der Waals surface area contributed by atoms with Gasteiger partial charge in [0.05, 0.1) is 12.0 Å². The van der Waals surface area contributed by atoms with Gasteiger partial charge >= 0.3 is 0 Å². The smallest absolute Gasteiger partial charge is 0.127 e. The molecule has 90 valence electrons. The molecular weight excluding hydrogens is 278 g/mol. The Labute approximate surface area is 110 Å². The molecule has 4 heteroatoms. The predicted molar refractivity (Wildman–Crippen MR) is 74.5 cm³/mol. The van der Waals surface area contributed by atoms with E-state index in [-0.39, 0.29) is 0 Å². The van der Waals surface area contributed by atoms with Gasteiger partial charge in [0.25, 0.3) is 0 Å². The van der Waals surface area contributed by atoms with Gasteiger partial charge < -0.3 is 9.47 Å². The molecule has 0 saturated carbocycles. The third kappa shape index (κ3) is 2.69. The molecule has 2 aromatic rings. The van der Waals surface area contributed by atoms with E-state index < -0.39 is 0 Å². The van der Waals surface area contributed by atoms with E-state index in [0.717, 1.165) is 11.0 Å². The second-order valence-electron chi connectivity index (χ2n) is 4.33. The predicted octanol–water partition coefficient (Wildman–Crippen LogP) is 2.84. The summed E-state index contributed by atoms with van der Waals surface area (Å²) in [6.07, 6.45) is 2.72. The van der Waals surface area contributed by atoms with Crippen LogP contribution in [0.4, 0.5) is 5.69 Å². The summed E-state index contributed by atoms with van der Waals surface area (Å²) < 4.78 is 2.97. The van der Waals surface area contributed by atoms with Crippen molar-refractivity contribution in [2.75, 3.05) is 19.0 Å². The third-order valence-corrected chi connectivity index (χ3v) is 3.49. The number of aryl methyl sites for hydroxylation is 1. The fraction of sp³-hybridized carbons (Fsp3) is 0.308. The van der Waals surface area contributed by atoms with E-state index in [0.29, 0.717) is 0 Å². The van der Waals surface area contributed by atoms with Crippen LogP contribution in [0.25, 0.3) is 0 Å². The Morgan fingerprint density at radius 2 is 1.88 bits per heavy atom. The molecule has 0 atom stereocenters. The first-order valence-electron chi connectivity index (χ1n) is 5.50. The monoisotopic (exact) mass is 293 g/mol. The molecule has 0 amide bonds. The van der Waals surface area contributed by atoms with Gasteiger partial charge in [-0.25, -0.2) is 4.98 Å². The van der Waals surface area contributed by atoms with Crippen molar-refractivity contribution in [3.8, 4) is 0 Å². The summed E-state index contributed by atoms with van der Waals surface area (Å²) in [6, 6.07) is 8.60. The van der Waals surface area contributed by atoms with Gasteiger partial charge in [0.15, 0.2) is 0 Å². The Balaban J connectivity index is 2.19. The molecule has 3 nitrogen and oxygen atoms in total. The van der Waals surface area contributed by atoms with Crippen molar-refractivity contribution in [2.24, 2.45) is 7.05 Å². The summed E-state index contributed by atoms with van der Waals surface area (Å²) in [5.41, 5.74) is 3.71. The summed E-state index contributed by atoms with van der Waals surface area (Å²) in [4.78, 5) is 6.33. The minimum Gasteiger partial charge on any atom is -0.378 e. The Kier molecular flexibility index (Phi) is 3.52. The van der Waals surface area contributed by atoms with E-state index in [9.17, 15) is 0 Å². The third-order valence-electron chi connectivity index (χ3n) is 2.83. The van der Waals surface area contributed by atoms with Crippen LogP contribution in [0.3, 0.4) is 0 Å². The average Bonchev–Trinajstić information content (AvgIpc) is 2.61. The molecule has 0 unspecified atom stereocenters. The Morgan fingerprint density at radius 3 is 2.35 bits per heavy atom. The highest BCUT2D eigenvalue weighted by Gasteiger charge is 2.07. The number of nitrogens with zero attached hydrogens (tertiary/aromatic N) is 3. The fourth-order valence-electron chi connectivity index (χ4n) is 1.73.